The number of fused-ring (bicyclic) bond motifs is 1. The molecule has 0 radical (unpaired) electrons. The first-order chi connectivity index (χ1) is 15.0. The molecule has 4 rings (SSSR count). The summed E-state index contributed by atoms with van der Waals surface area (Å²) in [5, 5.41) is 0. The molecule has 0 unspecified atom stereocenters. The first kappa shape index (κ1) is 20.0. The van der Waals surface area contributed by atoms with Crippen LogP contribution in [0.2, 0.25) is 0 Å². The molecule has 158 valence electrons. The second-order valence-electron chi connectivity index (χ2n) is 6.79. The number of hydrogen-bond donors (Lipinski definition) is 2. The Labute approximate surface area is 176 Å². The number of aryl methyl sites for hydroxylation is 1. The van der Waals surface area contributed by atoms with Crippen molar-refractivity contribution in [3.63, 3.8) is 0 Å². The van der Waals surface area contributed by atoms with Gasteiger partial charge in [-0.05, 0) is 36.4 Å². The maximum atomic E-state index is 12.4. The molecule has 2 aromatic carbocycles. The zero-order valence-electron chi connectivity index (χ0n) is 16.7. The normalized spacial score (nSPS) is 10.7. The van der Waals surface area contributed by atoms with Crippen LogP contribution in [0.1, 0.15) is 16.3 Å². The van der Waals surface area contributed by atoms with Crippen molar-refractivity contribution in [1.82, 2.24) is 20.0 Å². The van der Waals surface area contributed by atoms with E-state index in [-0.39, 0.29) is 24.6 Å². The number of carbonyl (C=O) groups is 2. The molecule has 0 aliphatic carbocycles. The number of aromatic nitrogens is 2. The van der Waals surface area contributed by atoms with Gasteiger partial charge in [0, 0.05) is 7.05 Å². The van der Waals surface area contributed by atoms with Crippen molar-refractivity contribution in [2.45, 2.75) is 13.2 Å². The molecule has 9 heteroatoms. The molecule has 2 heterocycles. The first-order valence-electron chi connectivity index (χ1n) is 9.53. The summed E-state index contributed by atoms with van der Waals surface area (Å²) in [5.41, 5.74) is 5.61. The Hall–Kier alpha value is -4.27. The first-order valence-corrected chi connectivity index (χ1v) is 9.53. The smallest absolute Gasteiger partial charge is 0.329 e. The summed E-state index contributed by atoms with van der Waals surface area (Å²) in [5.74, 6) is -0.00617. The number of furan rings is 1. The van der Waals surface area contributed by atoms with Crippen molar-refractivity contribution in [2.75, 3.05) is 0 Å². The largest absolute Gasteiger partial charge is 0.486 e. The molecule has 0 fully saturated rings. The van der Waals surface area contributed by atoms with E-state index >= 15 is 0 Å². The van der Waals surface area contributed by atoms with Crippen LogP contribution < -0.4 is 21.3 Å². The monoisotopic (exact) mass is 420 g/mol. The number of benzene rings is 2. The number of amides is 2. The number of ether oxygens (including phenoxy) is 1. The van der Waals surface area contributed by atoms with E-state index in [1.807, 2.05) is 36.4 Å². The van der Waals surface area contributed by atoms with E-state index in [4.69, 9.17) is 9.15 Å². The van der Waals surface area contributed by atoms with Crippen molar-refractivity contribution in [1.29, 1.82) is 0 Å². The highest BCUT2D eigenvalue weighted by molar-refractivity contribution is 5.93. The Morgan fingerprint density at radius 1 is 0.935 bits per heavy atom. The van der Waals surface area contributed by atoms with E-state index in [0.717, 1.165) is 0 Å². The molecule has 0 saturated heterocycles. The number of nitrogens with one attached hydrogen (secondary N) is 2. The van der Waals surface area contributed by atoms with E-state index < -0.39 is 11.8 Å². The number of hydrogen-bond acceptors (Lipinski definition) is 5. The zero-order valence-corrected chi connectivity index (χ0v) is 16.7. The van der Waals surface area contributed by atoms with E-state index in [2.05, 4.69) is 10.9 Å². The maximum Gasteiger partial charge on any atom is 0.329 e. The standard InChI is InChI=1S/C22H20N4O5/c1-25-17-9-5-6-10-18(17)26(22(25)29)13-20(27)23-24-21(28)19-12-11-16(31-19)14-30-15-7-3-2-4-8-15/h2-12H,13-14H2,1H3,(H,23,27)(H,24,28). The van der Waals surface area contributed by atoms with Gasteiger partial charge in [0.25, 0.3) is 5.91 Å². The molecule has 4 aromatic rings. The topological polar surface area (TPSA) is 108 Å². The summed E-state index contributed by atoms with van der Waals surface area (Å²) < 4.78 is 13.8. The molecule has 0 aliphatic rings. The lowest BCUT2D eigenvalue weighted by atomic mass is 10.3. The minimum Gasteiger partial charge on any atom is -0.486 e. The summed E-state index contributed by atoms with van der Waals surface area (Å²) in [6.07, 6.45) is 0. The Morgan fingerprint density at radius 3 is 2.42 bits per heavy atom. The molecule has 0 aliphatic heterocycles. The van der Waals surface area contributed by atoms with Gasteiger partial charge in [0.2, 0.25) is 0 Å². The molecule has 9 nitrogen and oxygen atoms in total. The predicted molar refractivity (Wildman–Crippen MR) is 112 cm³/mol. The van der Waals surface area contributed by atoms with Crippen LogP contribution in [0.15, 0.2) is 75.9 Å². The van der Waals surface area contributed by atoms with Gasteiger partial charge in [-0.15, -0.1) is 0 Å². The predicted octanol–water partition coefficient (Wildman–Crippen LogP) is 1.97. The van der Waals surface area contributed by atoms with Gasteiger partial charge in [-0.2, -0.15) is 0 Å². The second kappa shape index (κ2) is 8.62. The fourth-order valence-electron chi connectivity index (χ4n) is 3.14. The summed E-state index contributed by atoms with van der Waals surface area (Å²) in [6, 6.07) is 19.5. The number of carbonyl (C=O) groups excluding carboxylic acids is 2. The van der Waals surface area contributed by atoms with Crippen molar-refractivity contribution >= 4 is 22.8 Å². The molecular weight excluding hydrogens is 400 g/mol. The maximum absolute atomic E-state index is 12.4. The average molecular weight is 420 g/mol. The van der Waals surface area contributed by atoms with Crippen molar-refractivity contribution in [3.05, 3.63) is 88.7 Å². The summed E-state index contributed by atoms with van der Waals surface area (Å²) in [7, 11) is 1.64. The molecule has 2 aromatic heterocycles. The Balaban J connectivity index is 1.33. The van der Waals surface area contributed by atoms with Crippen molar-refractivity contribution < 1.29 is 18.7 Å². The van der Waals surface area contributed by atoms with Crippen LogP contribution >= 0.6 is 0 Å². The van der Waals surface area contributed by atoms with Gasteiger partial charge in [-0.25, -0.2) is 4.79 Å². The van der Waals surface area contributed by atoms with Crippen molar-refractivity contribution in [2.24, 2.45) is 7.05 Å². The SMILES string of the molecule is Cn1c(=O)n(CC(=O)NNC(=O)c2ccc(COc3ccccc3)o2)c2ccccc21. The van der Waals surface area contributed by atoms with Gasteiger partial charge < -0.3 is 9.15 Å². The van der Waals surface area contributed by atoms with Crippen LogP contribution in [0.5, 0.6) is 5.75 Å². The van der Waals surface area contributed by atoms with Crippen LogP contribution in [-0.2, 0) is 25.0 Å². The Bertz CT molecular complexity index is 1290. The average Bonchev–Trinajstić information content (AvgIpc) is 3.36. The highest BCUT2D eigenvalue weighted by atomic mass is 16.5. The Kier molecular flexibility index (Phi) is 5.57. The lowest BCUT2D eigenvalue weighted by Gasteiger charge is -2.07. The van der Waals surface area contributed by atoms with E-state index in [0.29, 0.717) is 22.5 Å². The number of imidazole rings is 1. The minimum atomic E-state index is -0.621. The molecular formula is C22H20N4O5. The van der Waals surface area contributed by atoms with Gasteiger partial charge in [0.15, 0.2) is 5.76 Å². The molecule has 0 atom stereocenters. The third kappa shape index (κ3) is 4.35. The van der Waals surface area contributed by atoms with Gasteiger partial charge in [-0.3, -0.25) is 29.6 Å². The van der Waals surface area contributed by atoms with Gasteiger partial charge in [0.05, 0.1) is 11.0 Å². The van der Waals surface area contributed by atoms with Crippen LogP contribution in [0, 0.1) is 0 Å². The number of nitrogens with zero attached hydrogens (tertiary/aromatic N) is 2. The van der Waals surface area contributed by atoms with Gasteiger partial charge in [-0.1, -0.05) is 30.3 Å². The summed E-state index contributed by atoms with van der Waals surface area (Å²) in [4.78, 5) is 36.9. The molecule has 2 amide bonds. The number of hydrazine groups is 1. The molecule has 2 N–H and O–H groups in total. The fraction of sp³-hybridized carbons (Fsp3) is 0.136. The quantitative estimate of drug-likeness (QED) is 0.464. The van der Waals surface area contributed by atoms with Crippen LogP contribution in [0.3, 0.4) is 0 Å². The zero-order chi connectivity index (χ0) is 21.8. The highest BCUT2D eigenvalue weighted by Gasteiger charge is 2.15. The molecule has 0 bridgehead atoms. The van der Waals surface area contributed by atoms with E-state index in [9.17, 15) is 14.4 Å². The summed E-state index contributed by atoms with van der Waals surface area (Å²) in [6.45, 7) is -0.0809. The third-order valence-electron chi connectivity index (χ3n) is 4.68. The second-order valence-corrected chi connectivity index (χ2v) is 6.79. The van der Waals surface area contributed by atoms with Crippen molar-refractivity contribution in [3.8, 4) is 5.75 Å². The van der Waals surface area contributed by atoms with Gasteiger partial charge >= 0.3 is 11.6 Å². The van der Waals surface area contributed by atoms with E-state index in [1.54, 1.807) is 31.3 Å². The highest BCUT2D eigenvalue weighted by Crippen LogP contribution is 2.14. The van der Waals surface area contributed by atoms with Crippen LogP contribution in [0.4, 0.5) is 0 Å². The minimum absolute atomic E-state index is 0.0225. The number of para-hydroxylation sites is 3. The van der Waals surface area contributed by atoms with Crippen LogP contribution in [-0.4, -0.2) is 20.9 Å². The summed E-state index contributed by atoms with van der Waals surface area (Å²) >= 11 is 0. The third-order valence-corrected chi connectivity index (χ3v) is 4.68. The fourth-order valence-corrected chi connectivity index (χ4v) is 3.14. The molecule has 0 saturated carbocycles. The van der Waals surface area contributed by atoms with Gasteiger partial charge in [0.1, 0.15) is 24.7 Å². The lowest BCUT2D eigenvalue weighted by molar-refractivity contribution is -0.122. The molecule has 31 heavy (non-hydrogen) atoms. The molecule has 0 spiro atoms. The number of rotatable bonds is 6. The Morgan fingerprint density at radius 2 is 1.65 bits per heavy atom. The van der Waals surface area contributed by atoms with E-state index in [1.165, 1.54) is 15.2 Å². The van der Waals surface area contributed by atoms with Crippen LogP contribution in [0.25, 0.3) is 11.0 Å². The lowest BCUT2D eigenvalue weighted by Crippen LogP contribution is -2.44.